The number of rotatable bonds is 5. The van der Waals surface area contributed by atoms with Gasteiger partial charge in [0, 0.05) is 17.8 Å². The lowest BCUT2D eigenvalue weighted by Gasteiger charge is -2.32. The highest BCUT2D eigenvalue weighted by atomic mass is 16.5. The van der Waals surface area contributed by atoms with Crippen molar-refractivity contribution >= 4 is 11.6 Å². The molecule has 1 aromatic carbocycles. The summed E-state index contributed by atoms with van der Waals surface area (Å²) in [5.41, 5.74) is 12.0. The molecule has 5 nitrogen and oxygen atoms in total. The molecule has 110 valence electrons. The highest BCUT2D eigenvalue weighted by Gasteiger charge is 2.19. The highest BCUT2D eigenvalue weighted by Crippen LogP contribution is 2.23. The molecule has 1 aliphatic rings. The maximum Gasteiger partial charge on any atom is 0.252 e. The predicted octanol–water partition coefficient (Wildman–Crippen LogP) is 1.62. The fourth-order valence-corrected chi connectivity index (χ4v) is 2.68. The SMILES string of the molecule is CN1CCCCC1CCOc1cc(N)ccc1C(N)=O. The smallest absolute Gasteiger partial charge is 0.252 e. The number of anilines is 1. The molecule has 1 unspecified atom stereocenters. The third-order valence-electron chi connectivity index (χ3n) is 3.90. The van der Waals surface area contributed by atoms with Crippen LogP contribution in [0.15, 0.2) is 18.2 Å². The van der Waals surface area contributed by atoms with Gasteiger partial charge in [0.1, 0.15) is 5.75 Å². The van der Waals surface area contributed by atoms with Crippen LogP contribution in [0.5, 0.6) is 5.75 Å². The third kappa shape index (κ3) is 3.63. The Balaban J connectivity index is 1.93. The van der Waals surface area contributed by atoms with E-state index >= 15 is 0 Å². The number of carbonyl (C=O) groups is 1. The molecule has 0 aromatic heterocycles. The van der Waals surface area contributed by atoms with Crippen molar-refractivity contribution in [3.05, 3.63) is 23.8 Å². The van der Waals surface area contributed by atoms with Crippen molar-refractivity contribution in [3.8, 4) is 5.75 Å². The second-order valence-corrected chi connectivity index (χ2v) is 5.39. The van der Waals surface area contributed by atoms with Gasteiger partial charge in [0.05, 0.1) is 12.2 Å². The summed E-state index contributed by atoms with van der Waals surface area (Å²) in [5, 5.41) is 0. The van der Waals surface area contributed by atoms with E-state index < -0.39 is 5.91 Å². The van der Waals surface area contributed by atoms with E-state index in [-0.39, 0.29) is 0 Å². The molecule has 1 fully saturated rings. The molecule has 1 atom stereocenters. The van der Waals surface area contributed by atoms with Gasteiger partial charge in [-0.3, -0.25) is 4.79 Å². The number of hydrogen-bond acceptors (Lipinski definition) is 4. The summed E-state index contributed by atoms with van der Waals surface area (Å²) in [6.45, 7) is 1.72. The standard InChI is InChI=1S/C15H23N3O2/c1-18-8-3-2-4-12(18)7-9-20-14-10-11(16)5-6-13(14)15(17)19/h5-6,10,12H,2-4,7-9,16H2,1H3,(H2,17,19). The van der Waals surface area contributed by atoms with Gasteiger partial charge in [0.15, 0.2) is 0 Å². The van der Waals surface area contributed by atoms with Crippen LogP contribution in [-0.4, -0.2) is 37.0 Å². The van der Waals surface area contributed by atoms with Crippen molar-refractivity contribution in [1.82, 2.24) is 4.90 Å². The molecular formula is C15H23N3O2. The lowest BCUT2D eigenvalue weighted by molar-refractivity contribution is 0.0995. The molecule has 4 N–H and O–H groups in total. The Bertz CT molecular complexity index is 476. The first kappa shape index (κ1) is 14.7. The van der Waals surface area contributed by atoms with Crippen LogP contribution in [0.2, 0.25) is 0 Å². The lowest BCUT2D eigenvalue weighted by atomic mass is 10.0. The molecule has 5 heteroatoms. The van der Waals surface area contributed by atoms with Crippen molar-refractivity contribution in [2.24, 2.45) is 5.73 Å². The van der Waals surface area contributed by atoms with Gasteiger partial charge in [-0.15, -0.1) is 0 Å². The van der Waals surface area contributed by atoms with Crippen LogP contribution in [0.4, 0.5) is 5.69 Å². The molecular weight excluding hydrogens is 254 g/mol. The van der Waals surface area contributed by atoms with Gasteiger partial charge in [-0.05, 0) is 45.0 Å². The average molecular weight is 277 g/mol. The van der Waals surface area contributed by atoms with E-state index in [4.69, 9.17) is 16.2 Å². The molecule has 0 bridgehead atoms. The Hall–Kier alpha value is -1.75. The van der Waals surface area contributed by atoms with E-state index in [0.29, 0.717) is 29.6 Å². The Kier molecular flexibility index (Phi) is 4.84. The Morgan fingerprint density at radius 3 is 2.95 bits per heavy atom. The van der Waals surface area contributed by atoms with E-state index in [1.165, 1.54) is 19.3 Å². The van der Waals surface area contributed by atoms with Gasteiger partial charge < -0.3 is 21.1 Å². The quantitative estimate of drug-likeness (QED) is 0.801. The molecule has 1 aliphatic heterocycles. The number of primary amides is 1. The van der Waals surface area contributed by atoms with Crippen LogP contribution in [0, 0.1) is 0 Å². The number of nitrogens with zero attached hydrogens (tertiary/aromatic N) is 1. The minimum atomic E-state index is -0.491. The zero-order valence-electron chi connectivity index (χ0n) is 12.0. The Labute approximate surface area is 119 Å². The monoisotopic (exact) mass is 277 g/mol. The summed E-state index contributed by atoms with van der Waals surface area (Å²) in [5.74, 6) is -0.00857. The van der Waals surface area contributed by atoms with Crippen LogP contribution in [0.1, 0.15) is 36.0 Å². The summed E-state index contributed by atoms with van der Waals surface area (Å²) >= 11 is 0. The fourth-order valence-electron chi connectivity index (χ4n) is 2.68. The van der Waals surface area contributed by atoms with Crippen LogP contribution < -0.4 is 16.2 Å². The van der Waals surface area contributed by atoms with E-state index in [0.717, 1.165) is 13.0 Å². The van der Waals surface area contributed by atoms with Crippen molar-refractivity contribution in [3.63, 3.8) is 0 Å². The van der Waals surface area contributed by atoms with Crippen molar-refractivity contribution < 1.29 is 9.53 Å². The number of nitrogen functional groups attached to an aromatic ring is 1. The molecule has 2 rings (SSSR count). The second kappa shape index (κ2) is 6.61. The summed E-state index contributed by atoms with van der Waals surface area (Å²) < 4.78 is 5.72. The van der Waals surface area contributed by atoms with Crippen molar-refractivity contribution in [1.29, 1.82) is 0 Å². The highest BCUT2D eigenvalue weighted by molar-refractivity contribution is 5.96. The molecule has 0 spiro atoms. The first-order valence-electron chi connectivity index (χ1n) is 7.10. The molecule has 1 saturated heterocycles. The van der Waals surface area contributed by atoms with Crippen LogP contribution in [0.3, 0.4) is 0 Å². The number of amides is 1. The number of hydrogen-bond donors (Lipinski definition) is 2. The lowest BCUT2D eigenvalue weighted by Crippen LogP contribution is -2.37. The van der Waals surface area contributed by atoms with Crippen molar-refractivity contribution in [2.45, 2.75) is 31.7 Å². The number of benzene rings is 1. The molecule has 1 aromatic rings. The number of ether oxygens (including phenoxy) is 1. The minimum Gasteiger partial charge on any atom is -0.493 e. The topological polar surface area (TPSA) is 81.6 Å². The zero-order chi connectivity index (χ0) is 14.5. The maximum atomic E-state index is 11.3. The van der Waals surface area contributed by atoms with Gasteiger partial charge in [-0.1, -0.05) is 6.42 Å². The molecule has 0 saturated carbocycles. The molecule has 20 heavy (non-hydrogen) atoms. The van der Waals surface area contributed by atoms with E-state index in [9.17, 15) is 4.79 Å². The normalized spacial score (nSPS) is 19.8. The second-order valence-electron chi connectivity index (χ2n) is 5.39. The first-order valence-corrected chi connectivity index (χ1v) is 7.10. The number of nitrogens with two attached hydrogens (primary N) is 2. The zero-order valence-corrected chi connectivity index (χ0v) is 12.0. The molecule has 1 heterocycles. The van der Waals surface area contributed by atoms with Gasteiger partial charge in [0.25, 0.3) is 5.91 Å². The molecule has 1 amide bonds. The summed E-state index contributed by atoms with van der Waals surface area (Å²) in [7, 11) is 2.15. The van der Waals surface area contributed by atoms with Gasteiger partial charge in [0.2, 0.25) is 0 Å². The number of likely N-dealkylation sites (tertiary alicyclic amines) is 1. The van der Waals surface area contributed by atoms with Crippen LogP contribution >= 0.6 is 0 Å². The number of piperidine rings is 1. The predicted molar refractivity (Wildman–Crippen MR) is 79.8 cm³/mol. The maximum absolute atomic E-state index is 11.3. The van der Waals surface area contributed by atoms with E-state index in [1.54, 1.807) is 18.2 Å². The molecule has 0 aliphatic carbocycles. The summed E-state index contributed by atoms with van der Waals surface area (Å²) in [6, 6.07) is 5.48. The van der Waals surface area contributed by atoms with Gasteiger partial charge in [-0.25, -0.2) is 0 Å². The third-order valence-corrected chi connectivity index (χ3v) is 3.90. The fraction of sp³-hybridized carbons (Fsp3) is 0.533. The largest absolute Gasteiger partial charge is 0.493 e. The van der Waals surface area contributed by atoms with E-state index in [1.807, 2.05) is 0 Å². The molecule has 0 radical (unpaired) electrons. The first-order chi connectivity index (χ1) is 9.58. The summed E-state index contributed by atoms with van der Waals surface area (Å²) in [4.78, 5) is 13.7. The van der Waals surface area contributed by atoms with Crippen LogP contribution in [0.25, 0.3) is 0 Å². The Morgan fingerprint density at radius 2 is 2.25 bits per heavy atom. The number of carbonyl (C=O) groups excluding carboxylic acids is 1. The van der Waals surface area contributed by atoms with E-state index in [2.05, 4.69) is 11.9 Å². The van der Waals surface area contributed by atoms with Gasteiger partial charge in [-0.2, -0.15) is 0 Å². The van der Waals surface area contributed by atoms with Crippen molar-refractivity contribution in [2.75, 3.05) is 25.9 Å². The summed E-state index contributed by atoms with van der Waals surface area (Å²) in [6.07, 6.45) is 4.71. The van der Waals surface area contributed by atoms with Gasteiger partial charge >= 0.3 is 0 Å². The average Bonchev–Trinajstić information content (AvgIpc) is 2.41. The Morgan fingerprint density at radius 1 is 1.45 bits per heavy atom. The van der Waals surface area contributed by atoms with Crippen LogP contribution in [-0.2, 0) is 0 Å². The minimum absolute atomic E-state index is 0.385.